The fraction of sp³-hybridized carbons (Fsp3) is 0.542. The molecule has 147 heavy (non-hydrogen) atoms. The van der Waals surface area contributed by atoms with Gasteiger partial charge in [-0.2, -0.15) is 4.98 Å². The Kier molecular flexibility index (Phi) is 31.9. The van der Waals surface area contributed by atoms with Crippen molar-refractivity contribution in [1.29, 1.82) is 0 Å². The number of aryl methyl sites for hydroxylation is 2. The fourth-order valence-corrected chi connectivity index (χ4v) is 27.4. The fourth-order valence-electron chi connectivity index (χ4n) is 17.6. The summed E-state index contributed by atoms with van der Waals surface area (Å²) in [4.78, 5) is 194. The molecule has 7 fully saturated rings. The minimum Gasteiger partial charge on any atom is -0.383 e. The lowest BCUT2D eigenvalue weighted by molar-refractivity contribution is -0.0569. The van der Waals surface area contributed by atoms with Gasteiger partial charge in [-0.1, -0.05) is 6.92 Å². The van der Waals surface area contributed by atoms with Crippen LogP contribution in [-0.4, -0.2) is 283 Å². The molecule has 7 saturated heterocycles. The van der Waals surface area contributed by atoms with Crippen LogP contribution in [0.1, 0.15) is 113 Å². The van der Waals surface area contributed by atoms with E-state index in [9.17, 15) is 48.6 Å². The molecule has 12 aromatic heterocycles. The Balaban J connectivity index is 0.537. The first kappa shape index (κ1) is 108. The number of imidazole rings is 5. The summed E-state index contributed by atoms with van der Waals surface area (Å²) in [5.41, 5.74) is 37.4. The maximum absolute atomic E-state index is 13.7. The molecular formula is C72H93N30O31P7S7. The average molecular weight is 2320 g/mol. The Hall–Kier alpha value is -7.46. The van der Waals surface area contributed by atoms with Gasteiger partial charge in [-0.3, -0.25) is 41.7 Å². The van der Waals surface area contributed by atoms with Crippen molar-refractivity contribution >= 4 is 220 Å². The van der Waals surface area contributed by atoms with Gasteiger partial charge in [0.25, 0.3) is 5.56 Å². The number of nitrogen functional groups attached to an aromatic ring is 6. The van der Waals surface area contributed by atoms with Gasteiger partial charge in [-0.25, -0.2) is 84.3 Å². The van der Waals surface area contributed by atoms with Crippen molar-refractivity contribution in [3.05, 3.63) is 118 Å². The normalized spacial score (nSPS) is 29.4. The molecule has 14 unspecified atom stereocenters. The highest BCUT2D eigenvalue weighted by Gasteiger charge is 2.52. The van der Waals surface area contributed by atoms with E-state index < -0.39 is 233 Å². The SMILES string of the molecule is CC[C@H]1O[C@@H](n2cnc3c(N)ncnc32)CC1OP(O)(=S)OC[C@H]1O[C@@H](n2cnc3c(N)ncnc32)CC1OP(O)(=S)OC[C@H]1O[C@@H](n2cc(C)c(N)nc2=O)CC1OP(O)(=S)OC[C@H]1O[C@@H](n2cnc3c(N)ncnc32)CC1OP(O)(=S)OC[C@H]1O[C@@H](n2cnc3c(N)ncnc32)CC1OP(O)(=S)OC[C@H]1O[C@@H](n2cc(C)c(=O)[nH]c2=O)CC1OP(O)(=S)OC[C@H]1O[C@@H](n2cnc3c(N)ncnc32)CC1OP(O)(=S)OC. The van der Waals surface area contributed by atoms with Crippen LogP contribution in [0, 0.1) is 13.8 Å². The second-order valence-electron chi connectivity index (χ2n) is 34.1. The molecule has 12 aromatic rings. The summed E-state index contributed by atoms with van der Waals surface area (Å²) in [7, 11) is 1.15. The summed E-state index contributed by atoms with van der Waals surface area (Å²) in [5, 5.41) is 0. The van der Waals surface area contributed by atoms with Crippen molar-refractivity contribution in [2.45, 2.75) is 201 Å². The van der Waals surface area contributed by atoms with Crippen molar-refractivity contribution in [3.8, 4) is 0 Å². The molecule has 0 amide bonds. The van der Waals surface area contributed by atoms with Gasteiger partial charge in [-0.15, -0.1) is 0 Å². The molecule has 794 valence electrons. The summed E-state index contributed by atoms with van der Waals surface area (Å²) in [6, 6.07) is 0. The van der Waals surface area contributed by atoms with Gasteiger partial charge >= 0.3 is 58.4 Å². The third-order valence-electron chi connectivity index (χ3n) is 24.6. The van der Waals surface area contributed by atoms with Crippen LogP contribution in [0.15, 0.2) is 90.1 Å². The van der Waals surface area contributed by atoms with Gasteiger partial charge in [0.05, 0.1) is 120 Å². The highest BCUT2D eigenvalue weighted by atomic mass is 32.5. The molecule has 61 nitrogen and oxygen atoms in total. The molecular weight excluding hydrogens is 2220 g/mol. The van der Waals surface area contributed by atoms with Crippen LogP contribution >= 0.6 is 47.0 Å². The maximum Gasteiger partial charge on any atom is 0.351 e. The number of H-pyrrole nitrogens is 1. The Labute approximate surface area is 862 Å². The third kappa shape index (κ3) is 24.1. The van der Waals surface area contributed by atoms with Gasteiger partial charge in [-0.05, 0) is 103 Å². The van der Waals surface area contributed by atoms with E-state index in [1.807, 2.05) is 6.92 Å². The highest BCUT2D eigenvalue weighted by Crippen LogP contribution is 2.59. The zero-order valence-corrected chi connectivity index (χ0v) is 88.6. The van der Waals surface area contributed by atoms with Gasteiger partial charge in [0.1, 0.15) is 145 Å². The first-order valence-corrected chi connectivity index (χ1v) is 62.4. The summed E-state index contributed by atoms with van der Waals surface area (Å²) in [5.74, 6) is 0.227. The second-order valence-corrected chi connectivity index (χ2v) is 53.7. The average Bonchev–Trinajstić information content (AvgIpc) is 1.64. The van der Waals surface area contributed by atoms with E-state index in [2.05, 4.69) is 84.7 Å². The largest absolute Gasteiger partial charge is 0.383 e. The molecule has 7 aliphatic rings. The highest BCUT2D eigenvalue weighted by molar-refractivity contribution is 8.09. The van der Waals surface area contributed by atoms with E-state index in [1.165, 1.54) is 101 Å². The van der Waals surface area contributed by atoms with Crippen molar-refractivity contribution in [3.63, 3.8) is 0 Å². The quantitative estimate of drug-likeness (QED) is 0.0245. The van der Waals surface area contributed by atoms with Crippen LogP contribution < -0.4 is 51.3 Å². The Morgan fingerprint density at radius 1 is 0.327 bits per heavy atom. The number of aromatic amines is 1. The molecule has 28 atom stereocenters. The van der Waals surface area contributed by atoms with Crippen molar-refractivity contribution in [1.82, 2.24) is 117 Å². The number of fused-ring (bicyclic) bond motifs is 5. The monoisotopic (exact) mass is 2310 g/mol. The molecule has 0 saturated carbocycles. The molecule has 19 heterocycles. The second kappa shape index (κ2) is 43.5. The predicted octanol–water partition coefficient (Wildman–Crippen LogP) is 2.49. The van der Waals surface area contributed by atoms with Gasteiger partial charge in [0.2, 0.25) is 0 Å². The van der Waals surface area contributed by atoms with Crippen molar-refractivity contribution < 1.29 is 131 Å². The first-order valence-electron chi connectivity index (χ1n) is 44.2. The van der Waals surface area contributed by atoms with Crippen LogP contribution in [-0.2, 0) is 179 Å². The minimum atomic E-state index is -4.68. The number of aromatic nitrogens is 24. The van der Waals surface area contributed by atoms with Gasteiger partial charge < -0.3 is 165 Å². The number of hydrogen-bond acceptors (Lipinski definition) is 53. The number of nitrogens with zero attached hydrogens (tertiary/aromatic N) is 23. The van der Waals surface area contributed by atoms with Crippen molar-refractivity contribution in [2.24, 2.45) is 0 Å². The lowest BCUT2D eigenvalue weighted by Gasteiger charge is -2.29. The van der Waals surface area contributed by atoms with Crippen LogP contribution in [0.25, 0.3) is 55.8 Å². The third-order valence-corrected chi connectivity index (χ3v) is 35.8. The van der Waals surface area contributed by atoms with E-state index in [0.29, 0.717) is 23.1 Å². The van der Waals surface area contributed by atoms with E-state index in [4.69, 9.17) is 214 Å². The molecule has 0 aromatic carbocycles. The van der Waals surface area contributed by atoms with E-state index in [1.54, 1.807) is 11.5 Å². The molecule has 0 aliphatic carbocycles. The number of ether oxygens (including phenoxy) is 7. The van der Waals surface area contributed by atoms with E-state index in [-0.39, 0.29) is 130 Å². The Morgan fingerprint density at radius 2 is 0.551 bits per heavy atom. The van der Waals surface area contributed by atoms with Gasteiger partial charge in [0, 0.05) is 75.6 Å². The standard InChI is InChI=1S/C72H93N30O31P7S7/c1-5-33-34(6-49(120-33)98-26-89-54-60(74)79-21-84-65(54)98)128-135(107,142)114-18-44-38(10-51(124-44)100-28-91-56-62(76)81-23-86-67(56)100)131-138(110,145)116-16-42-36(7-47(121-42)96-13-31(2)59(73)94-71(96)104)129-137(109,144)118-19-45-40(12-53(125-45)102-30-93-58-64(78)83-25-88-69(58)102)133-140(112,147)119-20-46-39(11-52(126-46)101-29-92-57-63(77)82-24-87-68(57)101)132-139(111,146)117-17-43-37(8-48(122-43)97-14-32(3)70(103)95-72(97)105)130-136(108,143)115-15-41-35(127-134(106,141)113-4)9-50(123-41)99-27-90-55-61(75)80-22-85-66(55)99/h13-14,21-30,33-53H,5-12,15-20H2,1-4H3,(H,106,141)(H,107,142)(H,108,143)(H,109,144)(H,110,145)(H,111,146)(H,112,147)(H2,73,94,104)(H2,74,79,84)(H2,75,80,85)(H2,76,81,86)(H2,77,82,87)(H2,78,83,88)(H,95,103,105)/t33-,34?,35?,36?,37?,38?,39?,40?,41-,42-,43-,44-,45-,46-,47-,48-,49-,50-,51-,52-,53-,134?,135?,136?,137?,138?,139?,140?/m1/s1. The van der Waals surface area contributed by atoms with Crippen LogP contribution in [0.4, 0.5) is 34.9 Å². The predicted molar refractivity (Wildman–Crippen MR) is 535 cm³/mol. The number of nitrogens with one attached hydrogen (secondary N) is 1. The zero-order chi connectivity index (χ0) is 104. The van der Waals surface area contributed by atoms with Crippen molar-refractivity contribution in [2.75, 3.05) is 81.2 Å². The summed E-state index contributed by atoms with van der Waals surface area (Å²) >= 11 is 39.5. The van der Waals surface area contributed by atoms with Crippen LogP contribution in [0.5, 0.6) is 0 Å². The molecule has 0 radical (unpaired) electrons. The summed E-state index contributed by atoms with van der Waals surface area (Å²) in [6.07, 6.45) is -9.50. The molecule has 19 rings (SSSR count). The van der Waals surface area contributed by atoms with Gasteiger partial charge in [0.15, 0.2) is 57.3 Å². The summed E-state index contributed by atoms with van der Waals surface area (Å²) < 4.78 is 140. The van der Waals surface area contributed by atoms with Crippen LogP contribution in [0.3, 0.4) is 0 Å². The number of nitrogens with two attached hydrogens (primary N) is 6. The van der Waals surface area contributed by atoms with Crippen LogP contribution in [0.2, 0.25) is 0 Å². The molecule has 75 heteroatoms. The smallest absolute Gasteiger partial charge is 0.351 e. The number of hydrogen-bond donors (Lipinski definition) is 14. The van der Waals surface area contributed by atoms with E-state index >= 15 is 0 Å². The lowest BCUT2D eigenvalue weighted by atomic mass is 10.1. The molecule has 0 bridgehead atoms. The zero-order valence-electron chi connectivity index (χ0n) is 76.6. The Morgan fingerprint density at radius 3 is 0.803 bits per heavy atom. The lowest BCUT2D eigenvalue weighted by Crippen LogP contribution is -2.33. The topological polar surface area (TPSA) is 799 Å². The first-order chi connectivity index (χ1) is 69.8. The molecule has 0 spiro atoms. The minimum absolute atomic E-state index is 0.00537. The summed E-state index contributed by atoms with van der Waals surface area (Å²) in [6.45, 7) is -30.3. The molecule has 7 aliphatic heterocycles. The Bertz CT molecular complexity index is 7540. The maximum atomic E-state index is 13.7. The number of rotatable bonds is 41. The number of anilines is 6. The molecule has 20 N–H and O–H groups in total. The van der Waals surface area contributed by atoms with E-state index in [0.717, 1.165) is 16.2 Å².